The number of hydrogen-bond donors (Lipinski definition) is 1. The van der Waals surface area contributed by atoms with Crippen molar-refractivity contribution in [2.45, 2.75) is 12.5 Å². The van der Waals surface area contributed by atoms with Gasteiger partial charge in [-0.05, 0) is 24.3 Å². The zero-order chi connectivity index (χ0) is 26.1. The number of benzene rings is 2. The molecule has 6 nitrogen and oxygen atoms in total. The lowest BCUT2D eigenvalue weighted by Gasteiger charge is -2.19. The van der Waals surface area contributed by atoms with Crippen molar-refractivity contribution in [3.05, 3.63) is 81.8 Å². The molecule has 186 valence electrons. The van der Waals surface area contributed by atoms with Crippen molar-refractivity contribution < 1.29 is 54.1 Å². The van der Waals surface area contributed by atoms with Crippen LogP contribution in [0.4, 0.5) is 40.8 Å². The highest BCUT2D eigenvalue weighted by Gasteiger charge is 2.38. The fraction of sp³-hybridized carbons (Fsp3) is 0.100. The zero-order valence-electron chi connectivity index (χ0n) is 16.6. The van der Waals surface area contributed by atoms with E-state index in [0.29, 0.717) is 12.1 Å². The molecule has 0 spiro atoms. The minimum atomic E-state index is -5.37. The van der Waals surface area contributed by atoms with Gasteiger partial charge in [0.25, 0.3) is 5.91 Å². The minimum Gasteiger partial charge on any atom is -0.619 e. The summed E-state index contributed by atoms with van der Waals surface area (Å²) in [7, 11) is 0. The van der Waals surface area contributed by atoms with Crippen LogP contribution in [0.2, 0.25) is 5.02 Å². The van der Waals surface area contributed by atoms with Gasteiger partial charge in [-0.2, -0.15) is 17.9 Å². The van der Waals surface area contributed by atoms with Crippen LogP contribution in [0.25, 0.3) is 0 Å². The lowest BCUT2D eigenvalue weighted by Crippen LogP contribution is -2.26. The summed E-state index contributed by atoms with van der Waals surface area (Å²) >= 11 is 5.46. The molecule has 0 aliphatic carbocycles. The lowest BCUT2D eigenvalue weighted by molar-refractivity contribution is -0.604. The van der Waals surface area contributed by atoms with E-state index in [2.05, 4.69) is 4.74 Å². The molecule has 2 aromatic carbocycles. The Morgan fingerprint density at radius 2 is 1.69 bits per heavy atom. The second-order valence-electron chi connectivity index (χ2n) is 6.57. The highest BCUT2D eigenvalue weighted by Crippen LogP contribution is 2.44. The van der Waals surface area contributed by atoms with Gasteiger partial charge in [0, 0.05) is 12.1 Å². The van der Waals surface area contributed by atoms with Gasteiger partial charge in [-0.25, -0.2) is 8.78 Å². The van der Waals surface area contributed by atoms with Crippen LogP contribution in [0.3, 0.4) is 0 Å². The average Bonchev–Trinajstić information content (AvgIpc) is 2.70. The molecule has 1 amide bonds. The van der Waals surface area contributed by atoms with E-state index < -0.39 is 63.5 Å². The summed E-state index contributed by atoms with van der Waals surface area (Å²) in [6.45, 7) is 0. The second kappa shape index (κ2) is 9.44. The fourth-order valence-electron chi connectivity index (χ4n) is 2.71. The van der Waals surface area contributed by atoms with E-state index in [0.717, 1.165) is 12.4 Å². The molecule has 35 heavy (non-hydrogen) atoms. The Hall–Kier alpha value is -3.81. The topological polar surface area (TPSA) is 74.5 Å². The number of carbonyl (C=O) groups excluding carboxylic acids is 1. The van der Waals surface area contributed by atoms with Gasteiger partial charge < -0.3 is 20.0 Å². The Balaban J connectivity index is 2.16. The molecule has 0 unspecified atom stereocenters. The number of nitrogens with zero attached hydrogens (tertiary/aromatic N) is 1. The Bertz CT molecular complexity index is 1280. The maximum Gasteiger partial charge on any atom is 0.573 e. The predicted octanol–water partition coefficient (Wildman–Crippen LogP) is 6.21. The van der Waals surface area contributed by atoms with Crippen molar-refractivity contribution in [2.75, 3.05) is 5.32 Å². The van der Waals surface area contributed by atoms with Crippen molar-refractivity contribution in [1.29, 1.82) is 0 Å². The summed E-state index contributed by atoms with van der Waals surface area (Å²) in [5, 5.41) is 11.8. The maximum atomic E-state index is 14.9. The number of nitrogens with one attached hydrogen (secondary N) is 1. The quantitative estimate of drug-likeness (QED) is 0.243. The molecule has 0 saturated carbocycles. The molecule has 0 fully saturated rings. The van der Waals surface area contributed by atoms with E-state index in [9.17, 15) is 45.1 Å². The molecule has 15 heteroatoms. The van der Waals surface area contributed by atoms with Gasteiger partial charge in [-0.1, -0.05) is 11.6 Å². The second-order valence-corrected chi connectivity index (χ2v) is 6.95. The number of alkyl halides is 6. The Kier molecular flexibility index (Phi) is 6.96. The number of amides is 1. The van der Waals surface area contributed by atoms with E-state index in [1.165, 1.54) is 12.1 Å². The molecule has 3 aromatic rings. The van der Waals surface area contributed by atoms with Crippen LogP contribution in [0.5, 0.6) is 17.2 Å². The fourth-order valence-corrected chi connectivity index (χ4v) is 2.97. The molecule has 1 aromatic heterocycles. The van der Waals surface area contributed by atoms with Gasteiger partial charge in [0.05, 0.1) is 10.6 Å². The van der Waals surface area contributed by atoms with Gasteiger partial charge in [0.15, 0.2) is 23.5 Å². The standard InChI is InChI=1S/C20H9ClF8N2O4/c21-16-11(19(24,25)26)7-14(34-12-4-3-9(22)6-13(12)35-20(27,28)29)15(17(16)23)18(32)30-10-2-1-5-31(33)8-10/h1-8H,(H,30,32). The highest BCUT2D eigenvalue weighted by molar-refractivity contribution is 6.32. The number of pyridine rings is 1. The summed E-state index contributed by atoms with van der Waals surface area (Å²) < 4.78 is 115. The monoisotopic (exact) mass is 528 g/mol. The van der Waals surface area contributed by atoms with Crippen molar-refractivity contribution in [1.82, 2.24) is 0 Å². The van der Waals surface area contributed by atoms with E-state index in [1.807, 2.05) is 5.32 Å². The highest BCUT2D eigenvalue weighted by atomic mass is 35.5. The Morgan fingerprint density at radius 1 is 1.00 bits per heavy atom. The van der Waals surface area contributed by atoms with Crippen LogP contribution in [0.1, 0.15) is 15.9 Å². The number of rotatable bonds is 5. The molecule has 3 rings (SSSR count). The molecule has 0 saturated heterocycles. The molecular formula is C20H9ClF8N2O4. The van der Waals surface area contributed by atoms with Crippen molar-refractivity contribution in [2.24, 2.45) is 0 Å². The average molecular weight is 529 g/mol. The number of aromatic nitrogens is 1. The number of anilines is 1. The molecule has 1 N–H and O–H groups in total. The summed E-state index contributed by atoms with van der Waals surface area (Å²) in [4.78, 5) is 12.7. The van der Waals surface area contributed by atoms with Crippen LogP contribution in [-0.4, -0.2) is 12.3 Å². The van der Waals surface area contributed by atoms with Crippen LogP contribution >= 0.6 is 11.6 Å². The third-order valence-electron chi connectivity index (χ3n) is 4.09. The van der Waals surface area contributed by atoms with Gasteiger partial charge >= 0.3 is 12.5 Å². The normalized spacial score (nSPS) is 11.8. The molecule has 0 aliphatic heterocycles. The first kappa shape index (κ1) is 25.8. The van der Waals surface area contributed by atoms with E-state index >= 15 is 0 Å². The third kappa shape index (κ3) is 6.20. The van der Waals surface area contributed by atoms with Crippen molar-refractivity contribution >= 4 is 23.2 Å². The zero-order valence-corrected chi connectivity index (χ0v) is 17.4. The van der Waals surface area contributed by atoms with Gasteiger partial charge in [-0.15, -0.1) is 13.2 Å². The first-order valence-corrected chi connectivity index (χ1v) is 9.36. The molecule has 0 aliphatic rings. The van der Waals surface area contributed by atoms with Crippen LogP contribution in [0.15, 0.2) is 48.8 Å². The number of halogens is 9. The van der Waals surface area contributed by atoms with Crippen molar-refractivity contribution in [3.63, 3.8) is 0 Å². The predicted molar refractivity (Wildman–Crippen MR) is 103 cm³/mol. The largest absolute Gasteiger partial charge is 0.619 e. The Morgan fingerprint density at radius 3 is 2.29 bits per heavy atom. The van der Waals surface area contributed by atoms with Gasteiger partial charge in [-0.3, -0.25) is 4.79 Å². The van der Waals surface area contributed by atoms with Crippen LogP contribution < -0.4 is 19.5 Å². The van der Waals surface area contributed by atoms with E-state index in [4.69, 9.17) is 16.3 Å². The summed E-state index contributed by atoms with van der Waals surface area (Å²) in [6.07, 6.45) is -8.80. The first-order valence-electron chi connectivity index (χ1n) is 8.98. The van der Waals surface area contributed by atoms with Gasteiger partial charge in [0.1, 0.15) is 22.8 Å². The molecular weight excluding hydrogens is 520 g/mol. The molecule has 0 bridgehead atoms. The lowest BCUT2D eigenvalue weighted by atomic mass is 10.1. The number of carbonyl (C=O) groups is 1. The van der Waals surface area contributed by atoms with E-state index in [1.54, 1.807) is 0 Å². The van der Waals surface area contributed by atoms with Gasteiger partial charge in [0.2, 0.25) is 6.20 Å². The summed E-state index contributed by atoms with van der Waals surface area (Å²) in [5.74, 6) is -8.21. The smallest absolute Gasteiger partial charge is 0.573 e. The minimum absolute atomic E-state index is 0.0693. The summed E-state index contributed by atoms with van der Waals surface area (Å²) in [6, 6.07) is 3.75. The van der Waals surface area contributed by atoms with Crippen LogP contribution in [-0.2, 0) is 6.18 Å². The van der Waals surface area contributed by atoms with Crippen molar-refractivity contribution in [3.8, 4) is 17.2 Å². The number of ether oxygens (including phenoxy) is 2. The number of hydrogen-bond acceptors (Lipinski definition) is 4. The third-order valence-corrected chi connectivity index (χ3v) is 4.46. The van der Waals surface area contributed by atoms with Crippen LogP contribution in [0, 0.1) is 16.8 Å². The first-order chi connectivity index (χ1) is 16.2. The summed E-state index contributed by atoms with van der Waals surface area (Å²) in [5.41, 5.74) is -3.30. The molecule has 1 heterocycles. The molecule has 0 atom stereocenters. The molecule has 0 radical (unpaired) electrons. The van der Waals surface area contributed by atoms with E-state index in [-0.39, 0.29) is 22.6 Å². The SMILES string of the molecule is O=C(Nc1ccc[n+]([O-])c1)c1c(Oc2ccc(F)cc2OC(F)(F)F)cc(C(F)(F)F)c(Cl)c1F. The Labute approximate surface area is 194 Å². The maximum absolute atomic E-state index is 14.9.